The van der Waals surface area contributed by atoms with Crippen molar-refractivity contribution in [3.05, 3.63) is 61.4 Å². The largest absolute Gasteiger partial charge is 0.474 e. The number of pyridine rings is 2. The molecule has 7 nitrogen and oxygen atoms in total. The van der Waals surface area contributed by atoms with E-state index in [9.17, 15) is 9.59 Å². The lowest BCUT2D eigenvalue weighted by Crippen LogP contribution is -2.25. The Kier molecular flexibility index (Phi) is 5.98. The van der Waals surface area contributed by atoms with E-state index in [-0.39, 0.29) is 50.3 Å². The summed E-state index contributed by atoms with van der Waals surface area (Å²) in [4.78, 5) is 28.9. The highest BCUT2D eigenvalue weighted by molar-refractivity contribution is 6.38. The average Bonchev–Trinajstić information content (AvgIpc) is 3.07. The van der Waals surface area contributed by atoms with Crippen LogP contribution in [-0.2, 0) is 9.47 Å². The first-order chi connectivity index (χ1) is 14.7. The van der Waals surface area contributed by atoms with Crippen molar-refractivity contribution in [1.82, 2.24) is 9.55 Å². The molecule has 1 aliphatic rings. The highest BCUT2D eigenvalue weighted by atomic mass is 35.5. The molecule has 3 aromatic rings. The molecule has 0 bridgehead atoms. The second kappa shape index (κ2) is 8.41. The van der Waals surface area contributed by atoms with Gasteiger partial charge in [0.1, 0.15) is 18.1 Å². The lowest BCUT2D eigenvalue weighted by molar-refractivity contribution is -0.141. The Hall–Kier alpha value is -2.16. The van der Waals surface area contributed by atoms with Crippen LogP contribution in [0.4, 0.5) is 0 Å². The van der Waals surface area contributed by atoms with Crippen molar-refractivity contribution < 1.29 is 19.0 Å². The predicted octanol–water partition coefficient (Wildman–Crippen LogP) is 4.69. The normalized spacial score (nSPS) is 17.8. The van der Waals surface area contributed by atoms with Crippen LogP contribution in [-0.4, -0.2) is 40.9 Å². The molecule has 2 aromatic heterocycles. The number of aromatic nitrogens is 2. The number of hydrogen-bond acceptors (Lipinski definition) is 6. The van der Waals surface area contributed by atoms with E-state index in [0.29, 0.717) is 18.6 Å². The van der Waals surface area contributed by atoms with E-state index < -0.39 is 11.2 Å². The fourth-order valence-corrected chi connectivity index (χ4v) is 4.25. The van der Waals surface area contributed by atoms with Crippen molar-refractivity contribution in [1.29, 1.82) is 0 Å². The first-order valence-corrected chi connectivity index (χ1v) is 10.4. The molecule has 0 radical (unpaired) electrons. The van der Waals surface area contributed by atoms with Gasteiger partial charge < -0.3 is 18.8 Å². The number of nitrogens with zero attached hydrogens (tertiary/aromatic N) is 2. The highest BCUT2D eigenvalue weighted by Crippen LogP contribution is 2.35. The number of hydrogen-bond donors (Lipinski definition) is 0. The molecule has 0 N–H and O–H groups in total. The number of rotatable bonds is 5. The third-order valence-corrected chi connectivity index (χ3v) is 5.62. The fourth-order valence-electron chi connectivity index (χ4n) is 3.46. The van der Waals surface area contributed by atoms with E-state index >= 15 is 0 Å². The first kappa shape index (κ1) is 22.0. The van der Waals surface area contributed by atoms with Crippen molar-refractivity contribution in [2.45, 2.75) is 25.7 Å². The molecule has 1 aliphatic heterocycles. The van der Waals surface area contributed by atoms with Gasteiger partial charge in [0, 0.05) is 6.07 Å². The van der Waals surface area contributed by atoms with Crippen LogP contribution in [0, 0.1) is 0 Å². The van der Waals surface area contributed by atoms with E-state index in [0.717, 1.165) is 6.07 Å². The molecule has 0 spiro atoms. The topological polar surface area (TPSA) is 79.7 Å². The second-order valence-corrected chi connectivity index (χ2v) is 8.58. The third kappa shape index (κ3) is 4.16. The molecule has 0 aliphatic carbocycles. The zero-order valence-electron chi connectivity index (χ0n) is 16.5. The van der Waals surface area contributed by atoms with Crippen molar-refractivity contribution in [3.63, 3.8) is 0 Å². The summed E-state index contributed by atoms with van der Waals surface area (Å²) in [6.45, 7) is 4.05. The van der Waals surface area contributed by atoms with Gasteiger partial charge in [0.15, 0.2) is 17.5 Å². The van der Waals surface area contributed by atoms with Crippen LogP contribution in [0.25, 0.3) is 16.6 Å². The number of halogens is 3. The van der Waals surface area contributed by atoms with Crippen LogP contribution in [0.2, 0.25) is 15.1 Å². The quantitative estimate of drug-likeness (QED) is 0.490. The third-order valence-electron chi connectivity index (χ3n) is 4.73. The maximum absolute atomic E-state index is 12.9. The van der Waals surface area contributed by atoms with E-state index in [1.807, 2.05) is 0 Å². The molecule has 1 aromatic carbocycles. The molecule has 3 heterocycles. The standard InChI is InChI=1S/C21H17Cl3N2O5/c1-21(2)30-10-12(31-21)9-29-20-17-16(28)6-11(8-27)26(19(17)15(24)7-25-20)18-13(22)4-3-5-14(18)23/h3-8,12H,9-10H2,1-2H3. The Morgan fingerprint density at radius 3 is 2.58 bits per heavy atom. The first-order valence-electron chi connectivity index (χ1n) is 9.30. The monoisotopic (exact) mass is 482 g/mol. The van der Waals surface area contributed by atoms with E-state index in [1.165, 1.54) is 10.8 Å². The zero-order valence-corrected chi connectivity index (χ0v) is 18.8. The molecule has 1 unspecified atom stereocenters. The Balaban J connectivity index is 1.89. The summed E-state index contributed by atoms with van der Waals surface area (Å²) in [6, 6.07) is 6.07. The Morgan fingerprint density at radius 1 is 1.26 bits per heavy atom. The van der Waals surface area contributed by atoms with Crippen molar-refractivity contribution in [2.24, 2.45) is 0 Å². The second-order valence-electron chi connectivity index (χ2n) is 7.35. The molecule has 1 saturated heterocycles. The number of aldehydes is 1. The van der Waals surface area contributed by atoms with Crippen molar-refractivity contribution >= 4 is 52.0 Å². The molecule has 162 valence electrons. The minimum atomic E-state index is -0.712. The summed E-state index contributed by atoms with van der Waals surface area (Å²) in [5, 5.41) is 0.761. The molecule has 1 atom stereocenters. The van der Waals surface area contributed by atoms with Gasteiger partial charge in [-0.25, -0.2) is 4.98 Å². The Morgan fingerprint density at radius 2 is 1.97 bits per heavy atom. The molecular formula is C21H17Cl3N2O5. The van der Waals surface area contributed by atoms with Gasteiger partial charge in [0.2, 0.25) is 5.88 Å². The van der Waals surface area contributed by atoms with Crippen LogP contribution in [0.5, 0.6) is 5.88 Å². The van der Waals surface area contributed by atoms with Crippen LogP contribution < -0.4 is 10.2 Å². The van der Waals surface area contributed by atoms with Gasteiger partial charge in [-0.1, -0.05) is 40.9 Å². The average molecular weight is 484 g/mol. The summed E-state index contributed by atoms with van der Waals surface area (Å²) < 4.78 is 18.5. The SMILES string of the molecule is CC1(C)OCC(COc2ncc(Cl)c3c2c(=O)cc(C=O)n3-c2c(Cl)cccc2Cl)O1. The molecule has 31 heavy (non-hydrogen) atoms. The molecule has 0 saturated carbocycles. The van der Waals surface area contributed by atoms with E-state index in [4.69, 9.17) is 49.0 Å². The van der Waals surface area contributed by atoms with Crippen LogP contribution in [0.1, 0.15) is 24.3 Å². The number of fused-ring (bicyclic) bond motifs is 1. The Bertz CT molecular complexity index is 1220. The van der Waals surface area contributed by atoms with Crippen molar-refractivity contribution in [2.75, 3.05) is 13.2 Å². The summed E-state index contributed by atoms with van der Waals surface area (Å²) in [5.74, 6) is -0.664. The number of carbonyl (C=O) groups is 1. The number of ether oxygens (including phenoxy) is 3. The van der Waals surface area contributed by atoms with Crippen molar-refractivity contribution in [3.8, 4) is 11.6 Å². The summed E-state index contributed by atoms with van der Waals surface area (Å²) >= 11 is 19.2. The molecule has 1 fully saturated rings. The maximum Gasteiger partial charge on any atom is 0.227 e. The van der Waals surface area contributed by atoms with Gasteiger partial charge in [-0.3, -0.25) is 9.59 Å². The summed E-state index contributed by atoms with van der Waals surface area (Å²) in [5.41, 5.74) is 0.0673. The summed E-state index contributed by atoms with van der Waals surface area (Å²) in [6.07, 6.45) is 1.53. The lowest BCUT2D eigenvalue weighted by Gasteiger charge is -2.19. The van der Waals surface area contributed by atoms with Crippen LogP contribution >= 0.6 is 34.8 Å². The molecule has 0 amide bonds. The van der Waals surface area contributed by atoms with Gasteiger partial charge in [-0.15, -0.1) is 0 Å². The minimum absolute atomic E-state index is 0.0285. The van der Waals surface area contributed by atoms with Gasteiger partial charge in [0.05, 0.1) is 44.8 Å². The molecule has 4 rings (SSSR count). The van der Waals surface area contributed by atoms with E-state index in [1.54, 1.807) is 32.0 Å². The van der Waals surface area contributed by atoms with Gasteiger partial charge in [0.25, 0.3) is 0 Å². The Labute approximate surface area is 192 Å². The lowest BCUT2D eigenvalue weighted by atomic mass is 10.2. The summed E-state index contributed by atoms with van der Waals surface area (Å²) in [7, 11) is 0. The highest BCUT2D eigenvalue weighted by Gasteiger charge is 2.33. The number of carbonyl (C=O) groups excluding carboxylic acids is 1. The predicted molar refractivity (Wildman–Crippen MR) is 118 cm³/mol. The van der Waals surface area contributed by atoms with E-state index in [2.05, 4.69) is 4.98 Å². The van der Waals surface area contributed by atoms with Gasteiger partial charge in [-0.05, 0) is 26.0 Å². The van der Waals surface area contributed by atoms with Crippen LogP contribution in [0.3, 0.4) is 0 Å². The fraction of sp³-hybridized carbons (Fsp3) is 0.286. The number of para-hydroxylation sites is 1. The smallest absolute Gasteiger partial charge is 0.227 e. The van der Waals surface area contributed by atoms with Crippen LogP contribution in [0.15, 0.2) is 35.3 Å². The maximum atomic E-state index is 12.9. The molecule has 10 heteroatoms. The minimum Gasteiger partial charge on any atom is -0.474 e. The molecular weight excluding hydrogens is 467 g/mol. The van der Waals surface area contributed by atoms with Gasteiger partial charge in [-0.2, -0.15) is 0 Å². The zero-order chi connectivity index (χ0) is 22.3. The van der Waals surface area contributed by atoms with Gasteiger partial charge >= 0.3 is 0 Å². The number of benzene rings is 1.